The molecule has 0 aliphatic heterocycles. The molecule has 0 atom stereocenters. The molecule has 1 heterocycles. The SMILES string of the molecule is COc1cc(C(=O)NNC(=O)C(C)(C)C)c(-n2c(C)ccc2C)cc1OC. The lowest BCUT2D eigenvalue weighted by Crippen LogP contribution is -2.46. The molecule has 27 heavy (non-hydrogen) atoms. The summed E-state index contributed by atoms with van der Waals surface area (Å²) in [5.41, 5.74) is 7.25. The van der Waals surface area contributed by atoms with Gasteiger partial charge in [0.25, 0.3) is 5.91 Å². The minimum Gasteiger partial charge on any atom is -0.493 e. The Morgan fingerprint density at radius 2 is 1.44 bits per heavy atom. The molecule has 0 saturated heterocycles. The lowest BCUT2D eigenvalue weighted by atomic mass is 9.96. The average Bonchev–Trinajstić information content (AvgIpc) is 2.95. The number of aryl methyl sites for hydroxylation is 2. The van der Waals surface area contributed by atoms with Crippen molar-refractivity contribution in [1.29, 1.82) is 0 Å². The normalized spacial score (nSPS) is 11.1. The highest BCUT2D eigenvalue weighted by molar-refractivity contribution is 6.00. The maximum absolute atomic E-state index is 12.8. The van der Waals surface area contributed by atoms with Gasteiger partial charge in [0.05, 0.1) is 25.5 Å². The fourth-order valence-corrected chi connectivity index (χ4v) is 2.65. The Labute approximate surface area is 159 Å². The highest BCUT2D eigenvalue weighted by atomic mass is 16.5. The second-order valence-corrected chi connectivity index (χ2v) is 7.33. The molecule has 7 heteroatoms. The third kappa shape index (κ3) is 4.24. The van der Waals surface area contributed by atoms with Gasteiger partial charge in [0.2, 0.25) is 5.91 Å². The molecule has 0 bridgehead atoms. The van der Waals surface area contributed by atoms with Crippen LogP contribution < -0.4 is 20.3 Å². The second-order valence-electron chi connectivity index (χ2n) is 7.33. The van der Waals surface area contributed by atoms with Crippen LogP contribution in [0.15, 0.2) is 24.3 Å². The van der Waals surface area contributed by atoms with E-state index in [4.69, 9.17) is 9.47 Å². The van der Waals surface area contributed by atoms with E-state index in [1.54, 1.807) is 40.0 Å². The lowest BCUT2D eigenvalue weighted by Gasteiger charge is -2.20. The van der Waals surface area contributed by atoms with Crippen LogP contribution in [-0.2, 0) is 4.79 Å². The van der Waals surface area contributed by atoms with Crippen LogP contribution in [0, 0.1) is 19.3 Å². The monoisotopic (exact) mass is 373 g/mol. The molecule has 0 aliphatic carbocycles. The summed E-state index contributed by atoms with van der Waals surface area (Å²) < 4.78 is 12.7. The van der Waals surface area contributed by atoms with Gasteiger partial charge in [-0.1, -0.05) is 20.8 Å². The van der Waals surface area contributed by atoms with E-state index < -0.39 is 11.3 Å². The number of aromatic nitrogens is 1. The number of nitrogens with one attached hydrogen (secondary N) is 2. The highest BCUT2D eigenvalue weighted by Gasteiger charge is 2.24. The van der Waals surface area contributed by atoms with Gasteiger partial charge in [-0.2, -0.15) is 0 Å². The first-order valence-electron chi connectivity index (χ1n) is 8.62. The van der Waals surface area contributed by atoms with Crippen molar-refractivity contribution in [2.75, 3.05) is 14.2 Å². The molecule has 0 spiro atoms. The molecule has 0 radical (unpaired) electrons. The summed E-state index contributed by atoms with van der Waals surface area (Å²) in [4.78, 5) is 24.9. The van der Waals surface area contributed by atoms with Crippen LogP contribution in [0.2, 0.25) is 0 Å². The van der Waals surface area contributed by atoms with Gasteiger partial charge in [0, 0.05) is 22.9 Å². The van der Waals surface area contributed by atoms with Crippen LogP contribution in [0.4, 0.5) is 0 Å². The Bertz CT molecular complexity index is 843. The number of nitrogens with zero attached hydrogens (tertiary/aromatic N) is 1. The number of benzene rings is 1. The fraction of sp³-hybridized carbons (Fsp3) is 0.400. The van der Waals surface area contributed by atoms with Crippen molar-refractivity contribution >= 4 is 11.8 Å². The summed E-state index contributed by atoms with van der Waals surface area (Å²) in [6.07, 6.45) is 0. The van der Waals surface area contributed by atoms with E-state index in [9.17, 15) is 9.59 Å². The summed E-state index contributed by atoms with van der Waals surface area (Å²) >= 11 is 0. The summed E-state index contributed by atoms with van der Waals surface area (Å²) in [6, 6.07) is 7.29. The smallest absolute Gasteiger partial charge is 0.271 e. The van der Waals surface area contributed by atoms with Crippen LogP contribution in [0.3, 0.4) is 0 Å². The molecule has 0 fully saturated rings. The molecule has 0 unspecified atom stereocenters. The Kier molecular flexibility index (Phi) is 5.83. The number of methoxy groups -OCH3 is 2. The van der Waals surface area contributed by atoms with Crippen molar-refractivity contribution in [3.8, 4) is 17.2 Å². The van der Waals surface area contributed by atoms with Crippen molar-refractivity contribution in [1.82, 2.24) is 15.4 Å². The zero-order chi connectivity index (χ0) is 20.4. The first-order chi connectivity index (χ1) is 12.6. The van der Waals surface area contributed by atoms with Gasteiger partial charge in [-0.25, -0.2) is 0 Å². The van der Waals surface area contributed by atoms with Crippen molar-refractivity contribution < 1.29 is 19.1 Å². The Hall–Kier alpha value is -2.96. The Morgan fingerprint density at radius 3 is 1.93 bits per heavy atom. The number of carbonyl (C=O) groups excluding carboxylic acids is 2. The van der Waals surface area contributed by atoms with E-state index in [1.165, 1.54) is 7.11 Å². The van der Waals surface area contributed by atoms with E-state index >= 15 is 0 Å². The molecule has 2 aromatic rings. The number of hydrogen-bond acceptors (Lipinski definition) is 4. The van der Waals surface area contributed by atoms with E-state index in [1.807, 2.05) is 30.5 Å². The molecule has 7 nitrogen and oxygen atoms in total. The first-order valence-corrected chi connectivity index (χ1v) is 8.62. The molecule has 2 rings (SSSR count). The topological polar surface area (TPSA) is 81.6 Å². The lowest BCUT2D eigenvalue weighted by molar-refractivity contribution is -0.129. The number of rotatable bonds is 4. The maximum Gasteiger partial charge on any atom is 0.271 e. The van der Waals surface area contributed by atoms with E-state index in [2.05, 4.69) is 10.9 Å². The van der Waals surface area contributed by atoms with Crippen molar-refractivity contribution in [2.24, 2.45) is 5.41 Å². The van der Waals surface area contributed by atoms with Crippen molar-refractivity contribution in [2.45, 2.75) is 34.6 Å². The van der Waals surface area contributed by atoms with Crippen LogP contribution in [0.25, 0.3) is 5.69 Å². The highest BCUT2D eigenvalue weighted by Crippen LogP contribution is 2.33. The standard InChI is InChI=1S/C20H27N3O4/c1-12-8-9-13(2)23(12)15-11-17(27-7)16(26-6)10-14(15)18(24)21-22-19(25)20(3,4)5/h8-11H,1-7H3,(H,21,24)(H,22,25). The number of amides is 2. The van der Waals surface area contributed by atoms with Crippen molar-refractivity contribution in [3.63, 3.8) is 0 Å². The van der Waals surface area contributed by atoms with Gasteiger partial charge < -0.3 is 14.0 Å². The second kappa shape index (κ2) is 7.73. The minimum atomic E-state index is -0.624. The third-order valence-electron chi connectivity index (χ3n) is 4.23. The van der Waals surface area contributed by atoms with Gasteiger partial charge in [0.1, 0.15) is 0 Å². The Balaban J connectivity index is 2.50. The van der Waals surface area contributed by atoms with Gasteiger partial charge in [0.15, 0.2) is 11.5 Å². The van der Waals surface area contributed by atoms with E-state index in [0.29, 0.717) is 22.7 Å². The third-order valence-corrected chi connectivity index (χ3v) is 4.23. The van der Waals surface area contributed by atoms with Gasteiger partial charge >= 0.3 is 0 Å². The molecular formula is C20H27N3O4. The zero-order valence-electron chi connectivity index (χ0n) is 16.9. The summed E-state index contributed by atoms with van der Waals surface area (Å²) in [7, 11) is 3.05. The number of ether oxygens (including phenoxy) is 2. The van der Waals surface area contributed by atoms with Gasteiger partial charge in [-0.05, 0) is 32.0 Å². The molecule has 2 N–H and O–H groups in total. The average molecular weight is 373 g/mol. The predicted molar refractivity (Wildman–Crippen MR) is 103 cm³/mol. The fourth-order valence-electron chi connectivity index (χ4n) is 2.65. The molecular weight excluding hydrogens is 346 g/mol. The summed E-state index contributed by atoms with van der Waals surface area (Å²) in [5, 5.41) is 0. The molecule has 0 saturated carbocycles. The summed E-state index contributed by atoms with van der Waals surface area (Å²) in [6.45, 7) is 9.20. The predicted octanol–water partition coefficient (Wildman–Crippen LogP) is 2.92. The molecule has 146 valence electrons. The van der Waals surface area contributed by atoms with Crippen LogP contribution in [0.5, 0.6) is 11.5 Å². The summed E-state index contributed by atoms with van der Waals surface area (Å²) in [5.74, 6) is 0.202. The van der Waals surface area contributed by atoms with Gasteiger partial charge in [-0.15, -0.1) is 0 Å². The first kappa shape index (κ1) is 20.4. The Morgan fingerprint density at radius 1 is 0.926 bits per heavy atom. The molecule has 1 aromatic heterocycles. The van der Waals surface area contributed by atoms with Gasteiger partial charge in [-0.3, -0.25) is 20.4 Å². The van der Waals surface area contributed by atoms with E-state index in [0.717, 1.165) is 11.4 Å². The number of hydrazine groups is 1. The number of carbonyl (C=O) groups is 2. The molecule has 2 amide bonds. The number of hydrogen-bond donors (Lipinski definition) is 2. The minimum absolute atomic E-state index is 0.286. The largest absolute Gasteiger partial charge is 0.493 e. The van der Waals surface area contributed by atoms with E-state index in [-0.39, 0.29) is 5.91 Å². The van der Waals surface area contributed by atoms with Crippen LogP contribution in [-0.4, -0.2) is 30.6 Å². The van der Waals surface area contributed by atoms with Crippen LogP contribution in [0.1, 0.15) is 42.5 Å². The zero-order valence-corrected chi connectivity index (χ0v) is 16.9. The van der Waals surface area contributed by atoms with Crippen LogP contribution >= 0.6 is 0 Å². The maximum atomic E-state index is 12.8. The molecule has 1 aromatic carbocycles. The molecule has 0 aliphatic rings. The quantitative estimate of drug-likeness (QED) is 0.808. The van der Waals surface area contributed by atoms with Crippen molar-refractivity contribution in [3.05, 3.63) is 41.2 Å².